The van der Waals surface area contributed by atoms with Crippen molar-refractivity contribution in [2.45, 2.75) is 71.9 Å². The van der Waals surface area contributed by atoms with E-state index in [-0.39, 0.29) is 5.54 Å². The maximum absolute atomic E-state index is 3.75. The van der Waals surface area contributed by atoms with E-state index in [2.05, 4.69) is 101 Å². The zero-order valence-electron chi connectivity index (χ0n) is 16.2. The van der Waals surface area contributed by atoms with Crippen LogP contribution in [0.1, 0.15) is 71.9 Å². The van der Waals surface area contributed by atoms with Crippen molar-refractivity contribution < 1.29 is 0 Å². The van der Waals surface area contributed by atoms with E-state index in [1.807, 2.05) is 0 Å². The molecule has 1 aromatic carbocycles. The van der Waals surface area contributed by atoms with Crippen LogP contribution in [0.5, 0.6) is 0 Å². The van der Waals surface area contributed by atoms with Crippen LogP contribution in [-0.2, 0) is 0 Å². The minimum Gasteiger partial charge on any atom is -0.302 e. The van der Waals surface area contributed by atoms with Crippen molar-refractivity contribution >= 4 is 0 Å². The Morgan fingerprint density at radius 2 is 1.58 bits per heavy atom. The van der Waals surface area contributed by atoms with Gasteiger partial charge < -0.3 is 5.32 Å². The van der Waals surface area contributed by atoms with Crippen molar-refractivity contribution in [1.82, 2.24) is 5.32 Å². The molecule has 1 nitrogen and oxygen atoms in total. The highest BCUT2D eigenvalue weighted by Crippen LogP contribution is 2.22. The highest BCUT2D eigenvalue weighted by molar-refractivity contribution is 5.21. The first-order valence-corrected chi connectivity index (χ1v) is 9.23. The van der Waals surface area contributed by atoms with Gasteiger partial charge in [0, 0.05) is 11.6 Å². The van der Waals surface area contributed by atoms with E-state index in [4.69, 9.17) is 0 Å². The molecule has 0 saturated heterocycles. The minimum atomic E-state index is 0.00485. The summed E-state index contributed by atoms with van der Waals surface area (Å²) in [5.74, 6) is 0. The molecule has 1 rings (SSSR count). The molecule has 0 amide bonds. The smallest absolute Gasteiger partial charge is 0.0339 e. The molecule has 0 aliphatic heterocycles. The predicted molar refractivity (Wildman–Crippen MR) is 108 cm³/mol. The fourth-order valence-corrected chi connectivity index (χ4v) is 2.73. The molecule has 1 aromatic rings. The van der Waals surface area contributed by atoms with Gasteiger partial charge in [-0.25, -0.2) is 0 Å². The van der Waals surface area contributed by atoms with Gasteiger partial charge in [-0.1, -0.05) is 66.3 Å². The van der Waals surface area contributed by atoms with Gasteiger partial charge in [-0.15, -0.1) is 0 Å². The third kappa shape index (κ3) is 7.79. The van der Waals surface area contributed by atoms with E-state index in [0.717, 1.165) is 25.7 Å². The third-order valence-corrected chi connectivity index (χ3v) is 4.55. The summed E-state index contributed by atoms with van der Waals surface area (Å²) < 4.78 is 0. The molecule has 0 fully saturated rings. The van der Waals surface area contributed by atoms with Gasteiger partial charge in [0.15, 0.2) is 0 Å². The van der Waals surface area contributed by atoms with E-state index < -0.39 is 0 Å². The Morgan fingerprint density at radius 3 is 2.21 bits per heavy atom. The number of hydrogen-bond donors (Lipinski definition) is 1. The first kappa shape index (κ1) is 20.4. The Bertz CT molecular complexity index is 534. The van der Waals surface area contributed by atoms with Crippen LogP contribution in [0.25, 0.3) is 0 Å². The Morgan fingerprint density at radius 1 is 1.00 bits per heavy atom. The molecule has 1 atom stereocenters. The van der Waals surface area contributed by atoms with Crippen molar-refractivity contribution in [3.8, 4) is 0 Å². The minimum absolute atomic E-state index is 0.00485. The lowest BCUT2D eigenvalue weighted by Gasteiger charge is -2.32. The third-order valence-electron chi connectivity index (χ3n) is 4.55. The summed E-state index contributed by atoms with van der Waals surface area (Å²) >= 11 is 0. The molecule has 0 aliphatic carbocycles. The van der Waals surface area contributed by atoms with Gasteiger partial charge in [-0.3, -0.25) is 0 Å². The van der Waals surface area contributed by atoms with Crippen LogP contribution in [0, 0.1) is 0 Å². The van der Waals surface area contributed by atoms with Crippen molar-refractivity contribution in [2.75, 3.05) is 0 Å². The van der Waals surface area contributed by atoms with Gasteiger partial charge in [0.2, 0.25) is 0 Å². The highest BCUT2D eigenvalue weighted by atomic mass is 15.0. The Balaban J connectivity index is 2.44. The van der Waals surface area contributed by atoms with E-state index >= 15 is 0 Å². The number of hydrogen-bond acceptors (Lipinski definition) is 1. The van der Waals surface area contributed by atoms with Crippen molar-refractivity contribution in [3.05, 3.63) is 71.8 Å². The molecule has 0 radical (unpaired) electrons. The fourth-order valence-electron chi connectivity index (χ4n) is 2.73. The first-order chi connectivity index (χ1) is 11.5. The second-order valence-corrected chi connectivity index (χ2v) is 6.98. The van der Waals surface area contributed by atoms with Crippen LogP contribution >= 0.6 is 0 Å². The zero-order chi connectivity index (χ0) is 17.8. The number of unbranched alkanes of at least 4 members (excludes halogenated alkanes) is 2. The molecule has 1 N–H and O–H groups in total. The van der Waals surface area contributed by atoms with Crippen LogP contribution < -0.4 is 5.32 Å². The average Bonchev–Trinajstić information content (AvgIpc) is 2.57. The summed E-state index contributed by atoms with van der Waals surface area (Å²) in [4.78, 5) is 0. The van der Waals surface area contributed by atoms with E-state index in [0.29, 0.717) is 6.04 Å². The first-order valence-electron chi connectivity index (χ1n) is 9.23. The average molecular weight is 326 g/mol. The normalized spacial score (nSPS) is 14.6. The summed E-state index contributed by atoms with van der Waals surface area (Å²) in [7, 11) is 0. The Kier molecular flexibility index (Phi) is 9.41. The topological polar surface area (TPSA) is 12.0 Å². The Hall–Kier alpha value is -1.60. The van der Waals surface area contributed by atoms with Crippen molar-refractivity contribution in [3.63, 3.8) is 0 Å². The molecule has 0 aromatic heterocycles. The van der Waals surface area contributed by atoms with E-state index in [9.17, 15) is 0 Å². The molecule has 0 aliphatic rings. The van der Waals surface area contributed by atoms with Gasteiger partial charge in [0.1, 0.15) is 0 Å². The summed E-state index contributed by atoms with van der Waals surface area (Å²) in [6.07, 6.45) is 15.8. The van der Waals surface area contributed by atoms with Crippen molar-refractivity contribution in [1.29, 1.82) is 0 Å². The monoisotopic (exact) mass is 325 g/mol. The molecule has 24 heavy (non-hydrogen) atoms. The molecule has 1 heteroatoms. The van der Waals surface area contributed by atoms with Crippen LogP contribution in [-0.4, -0.2) is 5.54 Å². The summed E-state index contributed by atoms with van der Waals surface area (Å²) in [5.41, 5.74) is 2.75. The van der Waals surface area contributed by atoms with Gasteiger partial charge in [-0.05, 0) is 65.9 Å². The maximum atomic E-state index is 3.75. The molecule has 0 unspecified atom stereocenters. The molecular formula is C23H35N. The molecule has 0 spiro atoms. The standard InChI is InChI=1S/C23H35N/c1-6-7-8-9-10-11-12-14-17-20(2)23(4,5)24-21(3)22-18-15-13-16-19-22/h6-7,10-11,13,15-19,21,24H,8-9,12,14H2,1-5H3/t21-/m1/s1. The lowest BCUT2D eigenvalue weighted by molar-refractivity contribution is 0.397. The van der Waals surface area contributed by atoms with Crippen LogP contribution in [0.4, 0.5) is 0 Å². The number of allylic oxidation sites excluding steroid dienone is 5. The van der Waals surface area contributed by atoms with Gasteiger partial charge in [0.05, 0.1) is 0 Å². The predicted octanol–water partition coefficient (Wildman–Crippen LogP) is 6.75. The lowest BCUT2D eigenvalue weighted by atomic mass is 9.92. The Labute approximate surface area is 149 Å². The van der Waals surface area contributed by atoms with Gasteiger partial charge >= 0.3 is 0 Å². The zero-order valence-corrected chi connectivity index (χ0v) is 16.2. The molecule has 0 saturated carbocycles. The molecule has 132 valence electrons. The second-order valence-electron chi connectivity index (χ2n) is 6.98. The summed E-state index contributed by atoms with van der Waals surface area (Å²) in [6.45, 7) is 11.1. The molecule has 0 bridgehead atoms. The van der Waals surface area contributed by atoms with Crippen LogP contribution in [0.15, 0.2) is 66.3 Å². The number of nitrogens with one attached hydrogen (secondary N) is 1. The van der Waals surface area contributed by atoms with Crippen molar-refractivity contribution in [2.24, 2.45) is 0 Å². The summed E-state index contributed by atoms with van der Waals surface area (Å²) in [5, 5.41) is 3.75. The van der Waals surface area contributed by atoms with E-state index in [1.165, 1.54) is 11.1 Å². The quantitative estimate of drug-likeness (QED) is 0.370. The van der Waals surface area contributed by atoms with Crippen LogP contribution in [0.3, 0.4) is 0 Å². The van der Waals surface area contributed by atoms with Gasteiger partial charge in [-0.2, -0.15) is 0 Å². The highest BCUT2D eigenvalue weighted by Gasteiger charge is 2.22. The second kappa shape index (κ2) is 11.0. The lowest BCUT2D eigenvalue weighted by Crippen LogP contribution is -2.41. The summed E-state index contributed by atoms with van der Waals surface area (Å²) in [6, 6.07) is 11.0. The molecular weight excluding hydrogens is 290 g/mol. The largest absolute Gasteiger partial charge is 0.302 e. The number of benzene rings is 1. The number of rotatable bonds is 10. The van der Waals surface area contributed by atoms with Crippen LogP contribution in [0.2, 0.25) is 0 Å². The SMILES string of the molecule is CC=CCCC=CCCC=C(C)C(C)(C)N[C@H](C)c1ccccc1. The molecule has 0 heterocycles. The van der Waals surface area contributed by atoms with Gasteiger partial charge in [0.25, 0.3) is 0 Å². The maximum Gasteiger partial charge on any atom is 0.0339 e. The van der Waals surface area contributed by atoms with E-state index in [1.54, 1.807) is 0 Å². The fraction of sp³-hybridized carbons (Fsp3) is 0.478.